The molecule has 0 saturated heterocycles. The number of rotatable bonds is 4. The van der Waals surface area contributed by atoms with Crippen molar-refractivity contribution < 1.29 is 0 Å². The number of nitrogens with one attached hydrogen (secondary N) is 1. The summed E-state index contributed by atoms with van der Waals surface area (Å²) >= 11 is 0. The number of hydrogen-bond acceptors (Lipinski definition) is 5. The largest absolute Gasteiger partial charge is 0.399 e. The fraction of sp³-hybridized carbons (Fsp3) is 0.0588. The fourth-order valence-electron chi connectivity index (χ4n) is 2.11. The molecule has 0 fully saturated rings. The molecule has 3 aromatic rings. The van der Waals surface area contributed by atoms with Crippen LogP contribution in [0, 0.1) is 0 Å². The van der Waals surface area contributed by atoms with E-state index >= 15 is 0 Å². The van der Waals surface area contributed by atoms with E-state index in [2.05, 4.69) is 15.3 Å². The smallest absolute Gasteiger partial charge is 0.229 e. The number of aromatic nitrogens is 2. The maximum Gasteiger partial charge on any atom is 0.229 e. The van der Waals surface area contributed by atoms with E-state index in [9.17, 15) is 0 Å². The summed E-state index contributed by atoms with van der Waals surface area (Å²) in [6.07, 6.45) is 1.73. The Hall–Kier alpha value is -3.08. The Morgan fingerprint density at radius 3 is 2.59 bits per heavy atom. The molecule has 0 bridgehead atoms. The van der Waals surface area contributed by atoms with Gasteiger partial charge in [-0.2, -0.15) is 4.98 Å². The summed E-state index contributed by atoms with van der Waals surface area (Å²) in [5, 5.41) is 3.19. The first-order valence-corrected chi connectivity index (χ1v) is 6.97. The monoisotopic (exact) mass is 291 g/mol. The highest BCUT2D eigenvalue weighted by Crippen LogP contribution is 2.24. The van der Waals surface area contributed by atoms with Gasteiger partial charge in [-0.1, -0.05) is 24.3 Å². The molecule has 1 heterocycles. The Morgan fingerprint density at radius 1 is 1.00 bits per heavy atom. The van der Waals surface area contributed by atoms with Gasteiger partial charge in [-0.25, -0.2) is 4.98 Å². The van der Waals surface area contributed by atoms with Crippen LogP contribution in [0.3, 0.4) is 0 Å². The predicted molar refractivity (Wildman–Crippen MR) is 90.7 cm³/mol. The van der Waals surface area contributed by atoms with Crippen LogP contribution >= 0.6 is 0 Å². The van der Waals surface area contributed by atoms with Gasteiger partial charge in [0, 0.05) is 30.3 Å². The molecule has 1 aromatic heterocycles. The molecule has 0 aliphatic carbocycles. The van der Waals surface area contributed by atoms with Crippen LogP contribution in [0.25, 0.3) is 0 Å². The average Bonchev–Trinajstić information content (AvgIpc) is 2.55. The zero-order chi connectivity index (χ0) is 15.4. The molecule has 3 rings (SSSR count). The van der Waals surface area contributed by atoms with Crippen LogP contribution in [0.2, 0.25) is 0 Å². The van der Waals surface area contributed by atoms with E-state index in [4.69, 9.17) is 5.73 Å². The number of nitrogen functional groups attached to an aromatic ring is 1. The Morgan fingerprint density at radius 2 is 1.82 bits per heavy atom. The summed E-state index contributed by atoms with van der Waals surface area (Å²) in [5.41, 5.74) is 8.48. The number of anilines is 5. The average molecular weight is 291 g/mol. The molecule has 0 aliphatic heterocycles. The van der Waals surface area contributed by atoms with Crippen molar-refractivity contribution in [1.29, 1.82) is 0 Å². The van der Waals surface area contributed by atoms with Gasteiger partial charge in [-0.15, -0.1) is 0 Å². The maximum atomic E-state index is 5.83. The molecule has 0 saturated carbocycles. The summed E-state index contributed by atoms with van der Waals surface area (Å²) in [5.74, 6) is 1.35. The second-order valence-corrected chi connectivity index (χ2v) is 4.88. The molecular weight excluding hydrogens is 274 g/mol. The highest BCUT2D eigenvalue weighted by Gasteiger charge is 2.07. The molecule has 5 nitrogen and oxygen atoms in total. The van der Waals surface area contributed by atoms with Crippen molar-refractivity contribution >= 4 is 28.8 Å². The quantitative estimate of drug-likeness (QED) is 0.719. The maximum absolute atomic E-state index is 5.83. The molecule has 0 unspecified atom stereocenters. The molecule has 0 radical (unpaired) electrons. The zero-order valence-corrected chi connectivity index (χ0v) is 12.3. The van der Waals surface area contributed by atoms with E-state index in [1.54, 1.807) is 6.20 Å². The lowest BCUT2D eigenvalue weighted by atomic mass is 10.2. The number of nitrogens with zero attached hydrogens (tertiary/aromatic N) is 3. The second-order valence-electron chi connectivity index (χ2n) is 4.88. The van der Waals surface area contributed by atoms with Gasteiger partial charge in [-0.05, 0) is 36.4 Å². The van der Waals surface area contributed by atoms with Crippen LogP contribution in [0.4, 0.5) is 28.8 Å². The first-order valence-electron chi connectivity index (χ1n) is 6.97. The molecule has 110 valence electrons. The summed E-state index contributed by atoms with van der Waals surface area (Å²) in [7, 11) is 1.95. The molecule has 0 amide bonds. The first-order chi connectivity index (χ1) is 10.7. The van der Waals surface area contributed by atoms with Crippen LogP contribution in [-0.2, 0) is 0 Å². The van der Waals surface area contributed by atoms with Crippen LogP contribution < -0.4 is 16.0 Å². The minimum atomic E-state index is 0.555. The SMILES string of the molecule is CN(c1cccc(N)c1)c1ccnc(Nc2ccccc2)n1. The number of nitrogens with two attached hydrogens (primary N) is 1. The van der Waals surface area contributed by atoms with Crippen molar-refractivity contribution in [3.8, 4) is 0 Å². The standard InChI is InChI=1S/C17H17N5/c1-22(15-9-5-6-13(18)12-15)16-10-11-19-17(21-16)20-14-7-3-2-4-8-14/h2-12H,18H2,1H3,(H,19,20,21). The van der Waals surface area contributed by atoms with Crippen LogP contribution in [0.5, 0.6) is 0 Å². The Bertz CT molecular complexity index is 758. The summed E-state index contributed by atoms with van der Waals surface area (Å²) in [4.78, 5) is 10.8. The number of para-hydroxylation sites is 1. The molecule has 3 N–H and O–H groups in total. The lowest BCUT2D eigenvalue weighted by Gasteiger charge is -2.19. The third-order valence-corrected chi connectivity index (χ3v) is 3.27. The van der Waals surface area contributed by atoms with Crippen LogP contribution in [0.15, 0.2) is 66.9 Å². The lowest BCUT2D eigenvalue weighted by Crippen LogP contribution is -2.12. The minimum Gasteiger partial charge on any atom is -0.399 e. The van der Waals surface area contributed by atoms with E-state index in [0.29, 0.717) is 5.95 Å². The zero-order valence-electron chi connectivity index (χ0n) is 12.3. The van der Waals surface area contributed by atoms with Gasteiger partial charge in [0.05, 0.1) is 0 Å². The van der Waals surface area contributed by atoms with Gasteiger partial charge in [0.25, 0.3) is 0 Å². The van der Waals surface area contributed by atoms with Crippen molar-refractivity contribution in [1.82, 2.24) is 9.97 Å². The van der Waals surface area contributed by atoms with Crippen molar-refractivity contribution in [2.24, 2.45) is 0 Å². The predicted octanol–water partition coefficient (Wildman–Crippen LogP) is 3.57. The van der Waals surface area contributed by atoms with Gasteiger partial charge in [-0.3, -0.25) is 0 Å². The minimum absolute atomic E-state index is 0.555. The summed E-state index contributed by atoms with van der Waals surface area (Å²) < 4.78 is 0. The third-order valence-electron chi connectivity index (χ3n) is 3.27. The molecule has 22 heavy (non-hydrogen) atoms. The molecule has 5 heteroatoms. The number of benzene rings is 2. The number of hydrogen-bond donors (Lipinski definition) is 2. The van der Waals surface area contributed by atoms with Crippen molar-refractivity contribution in [2.45, 2.75) is 0 Å². The van der Waals surface area contributed by atoms with Gasteiger partial charge >= 0.3 is 0 Å². The summed E-state index contributed by atoms with van der Waals surface area (Å²) in [6.45, 7) is 0. The highest BCUT2D eigenvalue weighted by molar-refractivity contribution is 5.64. The van der Waals surface area contributed by atoms with Gasteiger partial charge in [0.2, 0.25) is 5.95 Å². The molecular formula is C17H17N5. The van der Waals surface area contributed by atoms with E-state index < -0.39 is 0 Å². The van der Waals surface area contributed by atoms with E-state index in [1.165, 1.54) is 0 Å². The van der Waals surface area contributed by atoms with Crippen molar-refractivity contribution in [3.63, 3.8) is 0 Å². The van der Waals surface area contributed by atoms with E-state index in [0.717, 1.165) is 22.9 Å². The molecule has 0 atom stereocenters. The first kappa shape index (κ1) is 13.9. The molecule has 2 aromatic carbocycles. The Balaban J connectivity index is 1.84. The van der Waals surface area contributed by atoms with Gasteiger partial charge in [0.1, 0.15) is 5.82 Å². The Kier molecular flexibility index (Phi) is 3.87. The van der Waals surface area contributed by atoms with Gasteiger partial charge < -0.3 is 16.0 Å². The summed E-state index contributed by atoms with van der Waals surface area (Å²) in [6, 6.07) is 19.4. The Labute approximate surface area is 129 Å². The van der Waals surface area contributed by atoms with E-state index in [-0.39, 0.29) is 0 Å². The van der Waals surface area contributed by atoms with Crippen LogP contribution in [-0.4, -0.2) is 17.0 Å². The highest BCUT2D eigenvalue weighted by atomic mass is 15.2. The third kappa shape index (κ3) is 3.15. The topological polar surface area (TPSA) is 67.1 Å². The van der Waals surface area contributed by atoms with Crippen LogP contribution in [0.1, 0.15) is 0 Å². The van der Waals surface area contributed by atoms with Crippen molar-refractivity contribution in [3.05, 3.63) is 66.9 Å². The fourth-order valence-corrected chi connectivity index (χ4v) is 2.11. The van der Waals surface area contributed by atoms with Crippen molar-refractivity contribution in [2.75, 3.05) is 23.0 Å². The van der Waals surface area contributed by atoms with E-state index in [1.807, 2.05) is 72.6 Å². The normalized spacial score (nSPS) is 10.2. The lowest BCUT2D eigenvalue weighted by molar-refractivity contribution is 1.08. The molecule has 0 spiro atoms. The molecule has 0 aliphatic rings. The van der Waals surface area contributed by atoms with Gasteiger partial charge in [0.15, 0.2) is 0 Å². The second kappa shape index (κ2) is 6.13.